The number of benzene rings is 3. The predicted molar refractivity (Wildman–Crippen MR) is 127 cm³/mol. The van der Waals surface area contributed by atoms with Crippen LogP contribution in [-0.4, -0.2) is 43.5 Å². The Labute approximate surface area is 236 Å². The first-order valence-electron chi connectivity index (χ1n) is 11.3. The fraction of sp³-hybridized carbons (Fsp3) is 0.280. The molecule has 43 heavy (non-hydrogen) atoms. The first kappa shape index (κ1) is 34.5. The SMILES string of the molecule is Cc1cccc(S(OS(=O)(=O)C(F)(F)C(F)(F)C(F)(F)C(F)(F)C(F)(F)C(F)(F)F)(c2ccccc2)c2ccccc2)c1. The third-order valence-electron chi connectivity index (χ3n) is 5.88. The quantitative estimate of drug-likeness (QED) is 0.201. The standard InChI is InChI=1S/C25H17F13O3S2/c1-16-9-8-14-19(15-16)42(17-10-4-2-5-11-17,18-12-6-3-7-13-18)41-43(39,40)25(37,38)23(32,33)21(28,29)20(26,27)22(30,31)24(34,35)36/h2-15H,1H3. The Morgan fingerprint density at radius 2 is 0.907 bits per heavy atom. The molecule has 0 saturated carbocycles. The normalized spacial score (nSPS) is 14.9. The van der Waals surface area contributed by atoms with Crippen molar-refractivity contribution < 1.29 is 69.1 Å². The van der Waals surface area contributed by atoms with E-state index < -0.39 is 55.5 Å². The van der Waals surface area contributed by atoms with Gasteiger partial charge in [0.05, 0.1) is 0 Å². The summed E-state index contributed by atoms with van der Waals surface area (Å²) < 4.78 is 210. The van der Waals surface area contributed by atoms with Gasteiger partial charge >= 0.3 is 45.2 Å². The van der Waals surface area contributed by atoms with Crippen molar-refractivity contribution in [2.24, 2.45) is 0 Å². The van der Waals surface area contributed by atoms with Crippen LogP contribution in [0.3, 0.4) is 0 Å². The monoisotopic (exact) mass is 676 g/mol. The van der Waals surface area contributed by atoms with Crippen molar-refractivity contribution in [3.8, 4) is 0 Å². The summed E-state index contributed by atoms with van der Waals surface area (Å²) in [6.07, 6.45) is -7.65. The molecule has 238 valence electrons. The maximum absolute atomic E-state index is 15.1. The van der Waals surface area contributed by atoms with Gasteiger partial charge in [-0.1, -0.05) is 48.5 Å². The molecule has 0 aliphatic carbocycles. The van der Waals surface area contributed by atoms with Crippen LogP contribution in [0.1, 0.15) is 5.56 Å². The molecule has 3 aromatic rings. The van der Waals surface area contributed by atoms with Crippen molar-refractivity contribution in [3.63, 3.8) is 0 Å². The molecule has 0 atom stereocenters. The molecule has 0 amide bonds. The third kappa shape index (κ3) is 5.24. The topological polar surface area (TPSA) is 43.4 Å². The molecule has 0 unspecified atom stereocenters. The highest BCUT2D eigenvalue weighted by molar-refractivity contribution is 8.33. The molecule has 0 bridgehead atoms. The van der Waals surface area contributed by atoms with Crippen molar-refractivity contribution in [2.75, 3.05) is 0 Å². The lowest BCUT2D eigenvalue weighted by molar-refractivity contribution is -0.433. The van der Waals surface area contributed by atoms with Gasteiger partial charge in [0.1, 0.15) is 0 Å². The largest absolute Gasteiger partial charge is 0.460 e. The van der Waals surface area contributed by atoms with Crippen molar-refractivity contribution in [2.45, 2.75) is 56.7 Å². The Hall–Kier alpha value is -2.99. The van der Waals surface area contributed by atoms with Crippen molar-refractivity contribution in [3.05, 3.63) is 90.5 Å². The smallest absolute Gasteiger partial charge is 0.202 e. The minimum atomic E-state index is -8.32. The van der Waals surface area contributed by atoms with E-state index in [1.807, 2.05) is 0 Å². The lowest BCUT2D eigenvalue weighted by Crippen LogP contribution is -2.71. The second-order valence-electron chi connectivity index (χ2n) is 8.83. The van der Waals surface area contributed by atoms with E-state index in [1.54, 1.807) is 0 Å². The van der Waals surface area contributed by atoms with E-state index >= 15 is 8.78 Å². The van der Waals surface area contributed by atoms with E-state index in [4.69, 9.17) is 0 Å². The highest BCUT2D eigenvalue weighted by Crippen LogP contribution is 2.71. The number of hydrogen-bond donors (Lipinski definition) is 0. The van der Waals surface area contributed by atoms with Crippen LogP contribution in [0.2, 0.25) is 0 Å². The number of halogens is 13. The molecule has 3 rings (SSSR count). The molecule has 0 spiro atoms. The minimum absolute atomic E-state index is 0.305. The summed E-state index contributed by atoms with van der Waals surface area (Å²) in [5.74, 6) is -32.7. The molecule has 0 aromatic heterocycles. The maximum Gasteiger partial charge on any atom is 0.460 e. The van der Waals surface area contributed by atoms with Gasteiger partial charge in [-0.25, -0.2) is 3.63 Å². The number of hydrogen-bond acceptors (Lipinski definition) is 3. The van der Waals surface area contributed by atoms with Gasteiger partial charge < -0.3 is 0 Å². The van der Waals surface area contributed by atoms with E-state index in [1.165, 1.54) is 55.5 Å². The molecular weight excluding hydrogens is 659 g/mol. The summed E-state index contributed by atoms with van der Waals surface area (Å²) in [7, 11) is -11.9. The van der Waals surface area contributed by atoms with Crippen LogP contribution in [-0.2, 0) is 13.7 Å². The van der Waals surface area contributed by atoms with Crippen LogP contribution in [0, 0.1) is 6.92 Å². The van der Waals surface area contributed by atoms with Gasteiger partial charge in [0.25, 0.3) is 0 Å². The Bertz CT molecular complexity index is 1500. The number of alkyl halides is 13. The third-order valence-corrected chi connectivity index (χ3v) is 11.1. The van der Waals surface area contributed by atoms with E-state index in [2.05, 4.69) is 3.63 Å². The average Bonchev–Trinajstić information content (AvgIpc) is 2.91. The van der Waals surface area contributed by atoms with Gasteiger partial charge in [-0.3, -0.25) is 0 Å². The van der Waals surface area contributed by atoms with Crippen LogP contribution in [0.4, 0.5) is 57.1 Å². The Morgan fingerprint density at radius 1 is 0.512 bits per heavy atom. The Morgan fingerprint density at radius 3 is 1.30 bits per heavy atom. The summed E-state index contributed by atoms with van der Waals surface area (Å²) in [5.41, 5.74) is 0.305. The molecule has 3 aromatic carbocycles. The molecule has 0 fully saturated rings. The lowest BCUT2D eigenvalue weighted by atomic mass is 9.98. The molecule has 0 aliphatic rings. The summed E-state index contributed by atoms with van der Waals surface area (Å²) in [6, 6.07) is 16.7. The van der Waals surface area contributed by atoms with Crippen molar-refractivity contribution in [1.82, 2.24) is 0 Å². The molecule has 0 radical (unpaired) electrons. The van der Waals surface area contributed by atoms with Crippen LogP contribution in [0.25, 0.3) is 0 Å². The first-order valence-corrected chi connectivity index (χ1v) is 14.3. The van der Waals surface area contributed by atoms with Gasteiger partial charge in [-0.2, -0.15) is 65.5 Å². The second-order valence-corrected chi connectivity index (χ2v) is 13.3. The van der Waals surface area contributed by atoms with Crippen molar-refractivity contribution >= 4 is 20.4 Å². The van der Waals surface area contributed by atoms with Crippen LogP contribution < -0.4 is 0 Å². The Kier molecular flexibility index (Phi) is 8.72. The summed E-state index contributed by atoms with van der Waals surface area (Å²) >= 11 is 0. The maximum atomic E-state index is 15.1. The van der Waals surface area contributed by atoms with Gasteiger partial charge in [0.15, 0.2) is 0 Å². The molecule has 0 aliphatic heterocycles. The fourth-order valence-electron chi connectivity index (χ4n) is 3.63. The van der Waals surface area contributed by atoms with E-state index in [9.17, 15) is 56.7 Å². The zero-order chi connectivity index (χ0) is 32.9. The van der Waals surface area contributed by atoms with Crippen LogP contribution >= 0.6 is 10.3 Å². The van der Waals surface area contributed by atoms with Crippen LogP contribution in [0.5, 0.6) is 0 Å². The van der Waals surface area contributed by atoms with Gasteiger partial charge in [0.2, 0.25) is 0 Å². The minimum Gasteiger partial charge on any atom is -0.202 e. The highest BCUT2D eigenvalue weighted by atomic mass is 32.3. The van der Waals surface area contributed by atoms with E-state index in [0.29, 0.717) is 5.56 Å². The van der Waals surface area contributed by atoms with E-state index in [-0.39, 0.29) is 14.7 Å². The Balaban J connectivity index is 2.33. The molecule has 0 heterocycles. The zero-order valence-corrected chi connectivity index (χ0v) is 22.7. The number of aryl methyl sites for hydroxylation is 1. The summed E-state index contributed by atoms with van der Waals surface area (Å²) in [5, 5.41) is -7.53. The summed E-state index contributed by atoms with van der Waals surface area (Å²) in [4.78, 5) is -1.00. The van der Waals surface area contributed by atoms with Gasteiger partial charge in [0, 0.05) is 14.7 Å². The number of rotatable bonds is 10. The van der Waals surface area contributed by atoms with Crippen molar-refractivity contribution in [1.29, 1.82) is 0 Å². The van der Waals surface area contributed by atoms with Gasteiger partial charge in [-0.05, 0) is 59.2 Å². The molecular formula is C25H17F13O3S2. The molecule has 18 heteroatoms. The zero-order valence-electron chi connectivity index (χ0n) is 21.0. The average molecular weight is 677 g/mol. The molecule has 3 nitrogen and oxygen atoms in total. The second kappa shape index (κ2) is 10.9. The van der Waals surface area contributed by atoms with Gasteiger partial charge in [-0.15, -0.1) is 0 Å². The lowest BCUT2D eigenvalue weighted by Gasteiger charge is -2.42. The summed E-state index contributed by atoms with van der Waals surface area (Å²) in [6.45, 7) is 1.42. The molecule has 0 N–H and O–H groups in total. The van der Waals surface area contributed by atoms with Crippen LogP contribution in [0.15, 0.2) is 99.6 Å². The fourth-order valence-corrected chi connectivity index (χ4v) is 8.95. The highest BCUT2D eigenvalue weighted by Gasteiger charge is 2.93. The molecule has 0 saturated heterocycles. The van der Waals surface area contributed by atoms with E-state index in [0.717, 1.165) is 36.4 Å². The predicted octanol–water partition coefficient (Wildman–Crippen LogP) is 9.23. The first-order chi connectivity index (χ1) is 19.4.